The van der Waals surface area contributed by atoms with E-state index in [1.165, 1.54) is 5.56 Å². The van der Waals surface area contributed by atoms with Crippen molar-refractivity contribution < 1.29 is 8.42 Å². The van der Waals surface area contributed by atoms with Crippen LogP contribution in [0.3, 0.4) is 0 Å². The zero-order valence-electron chi connectivity index (χ0n) is 14.8. The fourth-order valence-electron chi connectivity index (χ4n) is 3.74. The molecule has 26 heavy (non-hydrogen) atoms. The van der Waals surface area contributed by atoms with Gasteiger partial charge in [0.15, 0.2) is 15.7 Å². The van der Waals surface area contributed by atoms with Gasteiger partial charge in [0, 0.05) is 34.9 Å². The average molecular weight is 392 g/mol. The van der Waals surface area contributed by atoms with Crippen LogP contribution in [0.2, 0.25) is 5.02 Å². The first-order chi connectivity index (χ1) is 12.4. The van der Waals surface area contributed by atoms with Gasteiger partial charge in [-0.1, -0.05) is 23.7 Å². The fraction of sp³-hybridized carbons (Fsp3) is 0.474. The maximum absolute atomic E-state index is 12.1. The highest BCUT2D eigenvalue weighted by Crippen LogP contribution is 2.32. The predicted molar refractivity (Wildman–Crippen MR) is 105 cm³/mol. The van der Waals surface area contributed by atoms with E-state index in [9.17, 15) is 8.42 Å². The third-order valence-electron chi connectivity index (χ3n) is 5.28. The van der Waals surface area contributed by atoms with Crippen molar-refractivity contribution in [1.29, 1.82) is 0 Å². The van der Waals surface area contributed by atoms with Crippen LogP contribution in [0.4, 0.5) is 5.82 Å². The van der Waals surface area contributed by atoms with E-state index in [1.54, 1.807) is 6.92 Å². The van der Waals surface area contributed by atoms with Crippen LogP contribution in [-0.2, 0) is 22.7 Å². The molecular formula is C19H22ClN3O2S. The maximum atomic E-state index is 12.1. The number of halogens is 1. The summed E-state index contributed by atoms with van der Waals surface area (Å²) in [5.41, 5.74) is 3.18. The van der Waals surface area contributed by atoms with E-state index < -0.39 is 9.84 Å². The van der Waals surface area contributed by atoms with E-state index in [4.69, 9.17) is 21.6 Å². The van der Waals surface area contributed by atoms with Crippen molar-refractivity contribution in [3.8, 4) is 11.4 Å². The number of fused-ring (bicyclic) bond motifs is 1. The Morgan fingerprint density at radius 2 is 2.00 bits per heavy atom. The van der Waals surface area contributed by atoms with E-state index in [1.807, 2.05) is 24.3 Å². The number of hydrogen-bond donors (Lipinski definition) is 0. The first kappa shape index (κ1) is 17.7. The number of anilines is 1. The van der Waals surface area contributed by atoms with Crippen LogP contribution in [0.25, 0.3) is 11.4 Å². The van der Waals surface area contributed by atoms with Crippen LogP contribution >= 0.6 is 11.6 Å². The van der Waals surface area contributed by atoms with Gasteiger partial charge in [0.1, 0.15) is 5.82 Å². The molecule has 2 aromatic rings. The van der Waals surface area contributed by atoms with Gasteiger partial charge in [-0.2, -0.15) is 0 Å². The van der Waals surface area contributed by atoms with Gasteiger partial charge < -0.3 is 4.90 Å². The molecule has 0 spiro atoms. The van der Waals surface area contributed by atoms with Gasteiger partial charge in [-0.15, -0.1) is 0 Å². The Balaban J connectivity index is 1.79. The van der Waals surface area contributed by atoms with E-state index in [-0.39, 0.29) is 11.0 Å². The summed E-state index contributed by atoms with van der Waals surface area (Å²) >= 11 is 6.14. The van der Waals surface area contributed by atoms with Crippen LogP contribution in [0, 0.1) is 0 Å². The van der Waals surface area contributed by atoms with Crippen molar-refractivity contribution >= 4 is 27.3 Å². The Bertz CT molecular complexity index is 946. The van der Waals surface area contributed by atoms with Crippen LogP contribution in [0.1, 0.15) is 31.0 Å². The summed E-state index contributed by atoms with van der Waals surface area (Å²) < 4.78 is 24.2. The lowest BCUT2D eigenvalue weighted by atomic mass is 9.95. The molecule has 2 aliphatic rings. The number of aromatic nitrogens is 2. The third-order valence-corrected chi connectivity index (χ3v) is 7.64. The van der Waals surface area contributed by atoms with Crippen molar-refractivity contribution in [1.82, 2.24) is 9.97 Å². The topological polar surface area (TPSA) is 63.2 Å². The molecule has 1 aliphatic carbocycles. The molecule has 2 heterocycles. The van der Waals surface area contributed by atoms with Crippen molar-refractivity contribution in [2.75, 3.05) is 23.7 Å². The molecular weight excluding hydrogens is 370 g/mol. The molecule has 1 aromatic carbocycles. The summed E-state index contributed by atoms with van der Waals surface area (Å²) in [7, 11) is -2.99. The van der Waals surface area contributed by atoms with Crippen LogP contribution in [0.15, 0.2) is 24.3 Å². The maximum Gasteiger partial charge on any atom is 0.161 e. The number of hydrogen-bond acceptors (Lipinski definition) is 5. The second-order valence-electron chi connectivity index (χ2n) is 7.14. The molecule has 5 nitrogen and oxygen atoms in total. The first-order valence-corrected chi connectivity index (χ1v) is 11.2. The average Bonchev–Trinajstić information content (AvgIpc) is 2.63. The second kappa shape index (κ2) is 6.82. The molecule has 1 aliphatic heterocycles. The van der Waals surface area contributed by atoms with Gasteiger partial charge >= 0.3 is 0 Å². The monoisotopic (exact) mass is 391 g/mol. The summed E-state index contributed by atoms with van der Waals surface area (Å²) in [4.78, 5) is 11.8. The Hall–Kier alpha value is -1.66. The third kappa shape index (κ3) is 3.32. The largest absolute Gasteiger partial charge is 0.354 e. The van der Waals surface area contributed by atoms with Gasteiger partial charge in [0.2, 0.25) is 0 Å². The van der Waals surface area contributed by atoms with Crippen LogP contribution in [-0.4, -0.2) is 42.5 Å². The van der Waals surface area contributed by atoms with Gasteiger partial charge in [0.05, 0.1) is 11.0 Å². The zero-order chi connectivity index (χ0) is 18.3. The molecule has 0 radical (unpaired) electrons. The summed E-state index contributed by atoms with van der Waals surface area (Å²) in [6, 6.07) is 7.57. The van der Waals surface area contributed by atoms with Gasteiger partial charge in [-0.05, 0) is 44.7 Å². The molecule has 1 fully saturated rings. The van der Waals surface area contributed by atoms with E-state index in [2.05, 4.69) is 4.90 Å². The highest BCUT2D eigenvalue weighted by atomic mass is 35.5. The van der Waals surface area contributed by atoms with Gasteiger partial charge in [0.25, 0.3) is 0 Å². The van der Waals surface area contributed by atoms with Crippen molar-refractivity contribution in [2.45, 2.75) is 37.9 Å². The molecule has 138 valence electrons. The van der Waals surface area contributed by atoms with E-state index in [0.717, 1.165) is 42.8 Å². The number of nitrogens with zero attached hydrogens (tertiary/aromatic N) is 3. The van der Waals surface area contributed by atoms with E-state index in [0.29, 0.717) is 23.9 Å². The molecule has 0 amide bonds. The molecule has 7 heteroatoms. The number of rotatable bonds is 2. The SMILES string of the molecule is CC1CN(c2nc(-c3cccc(Cl)c3)nc3c2CCCC3)CCS1(=O)=O. The molecule has 4 rings (SSSR count). The number of benzene rings is 1. The minimum absolute atomic E-state index is 0.180. The first-order valence-electron chi connectivity index (χ1n) is 9.06. The van der Waals surface area contributed by atoms with Crippen molar-refractivity contribution in [2.24, 2.45) is 0 Å². The minimum Gasteiger partial charge on any atom is -0.354 e. The highest BCUT2D eigenvalue weighted by Gasteiger charge is 2.32. The van der Waals surface area contributed by atoms with Crippen LogP contribution in [0.5, 0.6) is 0 Å². The molecule has 1 aromatic heterocycles. The lowest BCUT2D eigenvalue weighted by Gasteiger charge is -2.34. The summed E-state index contributed by atoms with van der Waals surface area (Å²) in [5, 5.41) is 0.281. The normalized spacial score (nSPS) is 22.1. The Kier molecular flexibility index (Phi) is 4.65. The summed E-state index contributed by atoms with van der Waals surface area (Å²) in [6.07, 6.45) is 4.16. The van der Waals surface area contributed by atoms with Crippen molar-refractivity contribution in [3.05, 3.63) is 40.5 Å². The molecule has 1 saturated heterocycles. The molecule has 1 unspecified atom stereocenters. The van der Waals surface area contributed by atoms with Gasteiger partial charge in [-0.25, -0.2) is 18.4 Å². The molecule has 0 saturated carbocycles. The quantitative estimate of drug-likeness (QED) is 0.785. The molecule has 0 N–H and O–H groups in total. The minimum atomic E-state index is -2.99. The predicted octanol–water partition coefficient (Wildman–Crippen LogP) is 3.30. The van der Waals surface area contributed by atoms with Crippen LogP contribution < -0.4 is 4.90 Å². The summed E-state index contributed by atoms with van der Waals surface area (Å²) in [5.74, 6) is 1.76. The number of sulfone groups is 1. The Morgan fingerprint density at radius 1 is 1.19 bits per heavy atom. The molecule has 0 bridgehead atoms. The van der Waals surface area contributed by atoms with Gasteiger partial charge in [-0.3, -0.25) is 0 Å². The zero-order valence-corrected chi connectivity index (χ0v) is 16.4. The standard InChI is InChI=1S/C19H22ClN3O2S/c1-13-12-23(9-10-26(13,24)25)19-16-7-2-3-8-17(16)21-18(22-19)14-5-4-6-15(20)11-14/h4-6,11,13H,2-3,7-10,12H2,1H3. The van der Waals surface area contributed by atoms with E-state index >= 15 is 0 Å². The highest BCUT2D eigenvalue weighted by molar-refractivity contribution is 7.92. The van der Waals surface area contributed by atoms with Crippen molar-refractivity contribution in [3.63, 3.8) is 0 Å². The smallest absolute Gasteiger partial charge is 0.161 e. The Morgan fingerprint density at radius 3 is 2.77 bits per heavy atom. The number of aryl methyl sites for hydroxylation is 1. The fourth-order valence-corrected chi connectivity index (χ4v) is 5.21. The Labute approximate surface area is 159 Å². The lowest BCUT2D eigenvalue weighted by Crippen LogP contribution is -2.46. The summed E-state index contributed by atoms with van der Waals surface area (Å²) in [6.45, 7) is 2.76. The second-order valence-corrected chi connectivity index (χ2v) is 10.1. The lowest BCUT2D eigenvalue weighted by molar-refractivity contribution is 0.567. The molecule has 1 atom stereocenters.